The van der Waals surface area contributed by atoms with Gasteiger partial charge in [-0.3, -0.25) is 4.79 Å². The van der Waals surface area contributed by atoms with Crippen LogP contribution in [-0.4, -0.2) is 135 Å². The fourth-order valence-corrected chi connectivity index (χ4v) is 12.4. The molecule has 0 aromatic heterocycles. The summed E-state index contributed by atoms with van der Waals surface area (Å²) in [6.45, 7) is 13.9. The highest BCUT2D eigenvalue weighted by Crippen LogP contribution is 2.69. The lowest BCUT2D eigenvalue weighted by molar-refractivity contribution is -0.344. The lowest BCUT2D eigenvalue weighted by Crippen LogP contribution is -2.63. The third kappa shape index (κ3) is 10.5. The molecule has 6 aliphatic rings. The molecule has 2 aliphatic heterocycles. The summed E-state index contributed by atoms with van der Waals surface area (Å²) in [4.78, 5) is 38.9. The van der Waals surface area contributed by atoms with Gasteiger partial charge in [-0.05, 0) is 85.2 Å². The van der Waals surface area contributed by atoms with Gasteiger partial charge in [0.2, 0.25) is 0 Å². The molecule has 2 saturated heterocycles. The second-order valence-electron chi connectivity index (χ2n) is 20.8. The molecule has 17 heteroatoms. The maximum Gasteiger partial charge on any atom is 0.407 e. The van der Waals surface area contributed by atoms with Gasteiger partial charge < -0.3 is 69.7 Å². The van der Waals surface area contributed by atoms with Crippen molar-refractivity contribution in [1.82, 2.24) is 10.6 Å². The van der Waals surface area contributed by atoms with Crippen LogP contribution in [0, 0.1) is 40.4 Å². The lowest BCUT2D eigenvalue weighted by atomic mass is 9.46. The second-order valence-corrected chi connectivity index (χ2v) is 20.8. The molecule has 374 valence electrons. The maximum absolute atomic E-state index is 14.1. The van der Waals surface area contributed by atoms with Crippen molar-refractivity contribution in [2.24, 2.45) is 40.4 Å². The standard InChI is InChI=1S/C50H74N2O15/c1-7-20-62-46(59)51-23-29-9-11-30(12-10-29)24-52-47(60)65-32-16-18-48(5)31(21-32)13-14-33-34(48)17-19-49(6)35(33)22-39(50(49,61)28(4)36(53)15-8-27(2)3)66-45-42(58)43(38(55)26-64-45)67-44-41(57)40(56)37(54)25-63-44/h7,9-13,27-28,32-35,37-45,54-58,61H,1,8,14-26H2,2-6H3,(H,51,59)(H,52,60)/t28-,32+,33-,34?,35+,37?,38?,39+,40?,41?,42?,43?,44?,45?,48+,49+,50-/m1/s1. The van der Waals surface area contributed by atoms with Crippen molar-refractivity contribution in [1.29, 1.82) is 0 Å². The molecule has 17 nitrogen and oxygen atoms in total. The molecule has 0 radical (unpaired) electrons. The summed E-state index contributed by atoms with van der Waals surface area (Å²) < 4.78 is 34.7. The van der Waals surface area contributed by atoms with Crippen molar-refractivity contribution in [2.75, 3.05) is 19.8 Å². The van der Waals surface area contributed by atoms with E-state index < -0.39 is 84.4 Å². The van der Waals surface area contributed by atoms with E-state index in [1.807, 2.05) is 24.3 Å². The average molecular weight is 943 g/mol. The number of ether oxygens (including phenoxy) is 6. The van der Waals surface area contributed by atoms with Crippen LogP contribution in [0.5, 0.6) is 0 Å². The predicted molar refractivity (Wildman–Crippen MR) is 241 cm³/mol. The molecule has 67 heavy (non-hydrogen) atoms. The van der Waals surface area contributed by atoms with E-state index in [0.717, 1.165) is 30.4 Å². The summed E-state index contributed by atoms with van der Waals surface area (Å²) in [6.07, 6.45) is -4.61. The van der Waals surface area contributed by atoms with Crippen LogP contribution in [0.3, 0.4) is 0 Å². The smallest absolute Gasteiger partial charge is 0.407 e. The van der Waals surface area contributed by atoms with Gasteiger partial charge in [-0.2, -0.15) is 0 Å². The lowest BCUT2D eigenvalue weighted by Gasteiger charge is -2.59. The van der Waals surface area contributed by atoms with Crippen molar-refractivity contribution in [2.45, 2.75) is 173 Å². The van der Waals surface area contributed by atoms with Crippen molar-refractivity contribution in [3.05, 3.63) is 59.7 Å². The first kappa shape index (κ1) is 51.4. The summed E-state index contributed by atoms with van der Waals surface area (Å²) in [7, 11) is 0. The summed E-state index contributed by atoms with van der Waals surface area (Å²) in [5.41, 5.74) is 0.453. The van der Waals surface area contributed by atoms with Gasteiger partial charge in [-0.15, -0.1) is 0 Å². The highest BCUT2D eigenvalue weighted by Gasteiger charge is 2.70. The van der Waals surface area contributed by atoms with Crippen LogP contribution in [-0.2, 0) is 46.3 Å². The van der Waals surface area contributed by atoms with Gasteiger partial charge in [0.25, 0.3) is 0 Å². The van der Waals surface area contributed by atoms with Crippen LogP contribution >= 0.6 is 0 Å². The Balaban J connectivity index is 1.02. The van der Waals surface area contributed by atoms with E-state index in [1.54, 1.807) is 6.92 Å². The number of amides is 2. The van der Waals surface area contributed by atoms with Gasteiger partial charge in [0.05, 0.1) is 19.3 Å². The van der Waals surface area contributed by atoms with E-state index >= 15 is 0 Å². The van der Waals surface area contributed by atoms with Gasteiger partial charge in [0, 0.05) is 37.3 Å². The number of ketones is 1. The predicted octanol–water partition coefficient (Wildman–Crippen LogP) is 3.93. The fourth-order valence-electron chi connectivity index (χ4n) is 12.4. The summed E-state index contributed by atoms with van der Waals surface area (Å²) in [6, 6.07) is 7.51. The Hall–Kier alpha value is -3.49. The van der Waals surface area contributed by atoms with E-state index in [9.17, 15) is 45.0 Å². The zero-order valence-corrected chi connectivity index (χ0v) is 39.6. The van der Waals surface area contributed by atoms with Gasteiger partial charge in [-0.25, -0.2) is 9.59 Å². The molecule has 5 fully saturated rings. The zero-order valence-electron chi connectivity index (χ0n) is 39.6. The minimum Gasteiger partial charge on any atom is -0.446 e. The molecule has 3 saturated carbocycles. The number of fused-ring (bicyclic) bond motifs is 5. The van der Waals surface area contributed by atoms with Gasteiger partial charge in [0.15, 0.2) is 12.6 Å². The Morgan fingerprint density at radius 1 is 0.851 bits per heavy atom. The largest absolute Gasteiger partial charge is 0.446 e. The summed E-state index contributed by atoms with van der Waals surface area (Å²) in [5.74, 6) is -0.271. The van der Waals surface area contributed by atoms with Gasteiger partial charge in [-0.1, -0.05) is 83.2 Å². The number of hydrogen-bond donors (Lipinski definition) is 8. The molecule has 2 amide bonds. The molecular weight excluding hydrogens is 869 g/mol. The Labute approximate surface area is 393 Å². The van der Waals surface area contributed by atoms with E-state index in [1.165, 1.54) is 11.6 Å². The third-order valence-electron chi connectivity index (χ3n) is 16.4. The van der Waals surface area contributed by atoms with E-state index in [-0.39, 0.29) is 67.3 Å². The molecule has 0 spiro atoms. The average Bonchev–Trinajstić information content (AvgIpc) is 3.54. The van der Waals surface area contributed by atoms with Crippen molar-refractivity contribution in [3.8, 4) is 0 Å². The van der Waals surface area contributed by atoms with Crippen molar-refractivity contribution in [3.63, 3.8) is 0 Å². The molecular formula is C50H74N2O15. The molecule has 2 heterocycles. The number of carbonyl (C=O) groups excluding carboxylic acids is 3. The first-order chi connectivity index (χ1) is 31.8. The Morgan fingerprint density at radius 2 is 1.49 bits per heavy atom. The number of nitrogens with one attached hydrogen (secondary N) is 2. The highest BCUT2D eigenvalue weighted by atomic mass is 16.7. The number of Topliss-reactive ketones (excluding diaryl/α,β-unsaturated/α-hetero) is 1. The number of rotatable bonds is 16. The summed E-state index contributed by atoms with van der Waals surface area (Å²) >= 11 is 0. The topological polar surface area (TPSA) is 252 Å². The maximum atomic E-state index is 14.1. The molecule has 7 rings (SSSR count). The number of benzene rings is 1. The van der Waals surface area contributed by atoms with Crippen molar-refractivity contribution < 1.29 is 73.4 Å². The van der Waals surface area contributed by atoms with E-state index in [2.05, 4.69) is 51.0 Å². The number of aliphatic hydroxyl groups excluding tert-OH is 5. The first-order valence-electron chi connectivity index (χ1n) is 24.2. The van der Waals surface area contributed by atoms with Crippen LogP contribution in [0.1, 0.15) is 104 Å². The number of hydrogen-bond acceptors (Lipinski definition) is 15. The Kier molecular flexibility index (Phi) is 16.3. The zero-order chi connectivity index (χ0) is 48.4. The molecule has 8 N–H and O–H groups in total. The first-order valence-corrected chi connectivity index (χ1v) is 24.2. The number of carbonyl (C=O) groups is 3. The van der Waals surface area contributed by atoms with Crippen LogP contribution in [0.2, 0.25) is 0 Å². The van der Waals surface area contributed by atoms with E-state index in [0.29, 0.717) is 45.1 Å². The minimum atomic E-state index is -1.66. The molecule has 4 aliphatic carbocycles. The molecule has 1 aromatic rings. The van der Waals surface area contributed by atoms with Crippen molar-refractivity contribution >= 4 is 18.0 Å². The third-order valence-corrected chi connectivity index (χ3v) is 16.4. The molecule has 17 atom stereocenters. The van der Waals surface area contributed by atoms with Gasteiger partial charge in [0.1, 0.15) is 60.7 Å². The van der Waals surface area contributed by atoms with Gasteiger partial charge >= 0.3 is 12.2 Å². The fraction of sp³-hybridized carbons (Fsp3) is 0.740. The van der Waals surface area contributed by atoms with Crippen LogP contribution in [0.15, 0.2) is 48.6 Å². The number of allylic oxidation sites excluding steroid dienone is 1. The Morgan fingerprint density at radius 3 is 2.15 bits per heavy atom. The van der Waals surface area contributed by atoms with Crippen LogP contribution < -0.4 is 10.6 Å². The summed E-state index contributed by atoms with van der Waals surface area (Å²) in [5, 5.41) is 72.2. The minimum absolute atomic E-state index is 0.0639. The SMILES string of the molecule is C=CCOC(=O)NCc1ccc(CNC(=O)O[C@H]2CC[C@@]3(C)C(=CC[C@@H]4C3CC[C@@]3(C)[C@H]4C[C@H](OC4OCC(O)C(OC5OCC(O)C(O)C5O)C4O)[C@]3(O)[C@H](C)C(=O)CCC(C)C)C2)cc1. The Bertz CT molecular complexity index is 1930. The molecule has 1 aromatic carbocycles. The normalized spacial score (nSPS) is 39.8. The quantitative estimate of drug-likeness (QED) is 0.109. The van der Waals surface area contributed by atoms with E-state index in [4.69, 9.17) is 28.4 Å². The number of alkyl carbamates (subject to hydrolysis) is 2. The van der Waals surface area contributed by atoms with Crippen LogP contribution in [0.4, 0.5) is 9.59 Å². The number of aliphatic hydroxyl groups is 6. The monoisotopic (exact) mass is 943 g/mol. The second kappa shape index (κ2) is 21.2. The molecule has 9 unspecified atom stereocenters. The molecule has 0 bridgehead atoms. The highest BCUT2D eigenvalue weighted by molar-refractivity contribution is 5.82. The van der Waals surface area contributed by atoms with Crippen LogP contribution in [0.25, 0.3) is 0 Å².